The molecule has 0 bridgehead atoms. The van der Waals surface area contributed by atoms with E-state index in [0.717, 1.165) is 12.8 Å². The van der Waals surface area contributed by atoms with Gasteiger partial charge in [0.05, 0.1) is 0 Å². The molecule has 0 saturated heterocycles. The van der Waals surface area contributed by atoms with Crippen LogP contribution in [-0.4, -0.2) is 0 Å². The Kier molecular flexibility index (Phi) is 18.6. The standard InChI is InChI=1S/2C5H8/c2*1-3-5-4-2/h2*3H2,1-2H3. The lowest BCUT2D eigenvalue weighted by molar-refractivity contribution is 1.28. The highest BCUT2D eigenvalue weighted by atomic mass is 13.5. The van der Waals surface area contributed by atoms with E-state index in [1.807, 2.05) is 27.7 Å². The van der Waals surface area contributed by atoms with Gasteiger partial charge in [0.25, 0.3) is 0 Å². The van der Waals surface area contributed by atoms with E-state index in [1.54, 1.807) is 0 Å². The second-order valence-electron chi connectivity index (χ2n) is 1.56. The van der Waals surface area contributed by atoms with E-state index >= 15 is 0 Å². The van der Waals surface area contributed by atoms with Gasteiger partial charge >= 0.3 is 0 Å². The molecule has 0 amide bonds. The third-order valence-corrected chi connectivity index (χ3v) is 0.707. The van der Waals surface area contributed by atoms with Gasteiger partial charge in [-0.1, -0.05) is 13.8 Å². The van der Waals surface area contributed by atoms with Crippen molar-refractivity contribution >= 4 is 0 Å². The molecule has 0 spiro atoms. The van der Waals surface area contributed by atoms with Crippen LogP contribution in [0.5, 0.6) is 0 Å². The fourth-order valence-corrected chi connectivity index (χ4v) is 0.354. The fraction of sp³-hybridized carbons (Fsp3) is 0.600. The maximum atomic E-state index is 2.86. The molecule has 0 heterocycles. The molecule has 0 fully saturated rings. The minimum absolute atomic E-state index is 0.983. The highest BCUT2D eigenvalue weighted by Crippen LogP contribution is 1.62. The lowest BCUT2D eigenvalue weighted by atomic mass is 10.5. The van der Waals surface area contributed by atoms with Crippen molar-refractivity contribution in [3.63, 3.8) is 0 Å². The Balaban J connectivity index is 0. The molecule has 56 valence electrons. The highest BCUT2D eigenvalue weighted by molar-refractivity contribution is 4.93. The third-order valence-electron chi connectivity index (χ3n) is 0.707. The Labute approximate surface area is 65.0 Å². The largest absolute Gasteiger partial charge is 0.107 e. The SMILES string of the molecule is CC#CCC.CC#CCC. The van der Waals surface area contributed by atoms with Gasteiger partial charge in [0.15, 0.2) is 0 Å². The molecule has 0 aliphatic rings. The van der Waals surface area contributed by atoms with Crippen LogP contribution in [0.1, 0.15) is 40.5 Å². The Morgan fingerprint density at radius 3 is 1.10 bits per heavy atom. The molecular weight excluding hydrogens is 120 g/mol. The van der Waals surface area contributed by atoms with E-state index in [1.165, 1.54) is 0 Å². The monoisotopic (exact) mass is 136 g/mol. The zero-order valence-electron chi connectivity index (χ0n) is 7.41. The molecule has 0 saturated carbocycles. The lowest BCUT2D eigenvalue weighted by Crippen LogP contribution is -1.45. The highest BCUT2D eigenvalue weighted by Gasteiger charge is 1.49. The van der Waals surface area contributed by atoms with Gasteiger partial charge < -0.3 is 0 Å². The van der Waals surface area contributed by atoms with Crippen LogP contribution in [0.2, 0.25) is 0 Å². The van der Waals surface area contributed by atoms with Crippen LogP contribution in [0.3, 0.4) is 0 Å². The molecule has 0 aromatic heterocycles. The van der Waals surface area contributed by atoms with Crippen LogP contribution in [-0.2, 0) is 0 Å². The summed E-state index contributed by atoms with van der Waals surface area (Å²) in [4.78, 5) is 0. The van der Waals surface area contributed by atoms with Crippen molar-refractivity contribution in [3.05, 3.63) is 0 Å². The summed E-state index contributed by atoms with van der Waals surface area (Å²) < 4.78 is 0. The molecule has 0 heteroatoms. The van der Waals surface area contributed by atoms with Crippen molar-refractivity contribution in [2.45, 2.75) is 40.5 Å². The van der Waals surface area contributed by atoms with Crippen molar-refractivity contribution in [1.29, 1.82) is 0 Å². The molecule has 0 unspecified atom stereocenters. The van der Waals surface area contributed by atoms with Crippen LogP contribution >= 0.6 is 0 Å². The van der Waals surface area contributed by atoms with Gasteiger partial charge in [0.1, 0.15) is 0 Å². The predicted molar refractivity (Wildman–Crippen MR) is 47.5 cm³/mol. The van der Waals surface area contributed by atoms with Crippen molar-refractivity contribution in [3.8, 4) is 23.7 Å². The van der Waals surface area contributed by atoms with Crippen LogP contribution < -0.4 is 0 Å². The van der Waals surface area contributed by atoms with Crippen molar-refractivity contribution in [2.75, 3.05) is 0 Å². The van der Waals surface area contributed by atoms with Gasteiger partial charge in [-0.15, -0.1) is 23.7 Å². The van der Waals surface area contributed by atoms with E-state index in [-0.39, 0.29) is 0 Å². The normalized spacial score (nSPS) is 5.20. The third kappa shape index (κ3) is 27.4. The first-order valence-corrected chi connectivity index (χ1v) is 3.62. The molecule has 0 aliphatic heterocycles. The molecular formula is C10H16. The maximum Gasteiger partial charge on any atom is 0.00601 e. The summed E-state index contributed by atoms with van der Waals surface area (Å²) in [5, 5.41) is 0. The smallest absolute Gasteiger partial charge is 0.00601 e. The molecule has 0 aromatic carbocycles. The van der Waals surface area contributed by atoms with Gasteiger partial charge in [-0.3, -0.25) is 0 Å². The van der Waals surface area contributed by atoms with Gasteiger partial charge in [-0.05, 0) is 13.8 Å². The molecule has 0 aromatic rings. The summed E-state index contributed by atoms with van der Waals surface area (Å²) in [7, 11) is 0. The minimum Gasteiger partial charge on any atom is -0.107 e. The van der Waals surface area contributed by atoms with Crippen LogP contribution in [0.4, 0.5) is 0 Å². The summed E-state index contributed by atoms with van der Waals surface area (Å²) in [6, 6.07) is 0. The van der Waals surface area contributed by atoms with Crippen molar-refractivity contribution in [1.82, 2.24) is 0 Å². The summed E-state index contributed by atoms with van der Waals surface area (Å²) >= 11 is 0. The van der Waals surface area contributed by atoms with Gasteiger partial charge in [-0.2, -0.15) is 0 Å². The first kappa shape index (κ1) is 11.9. The molecule has 10 heavy (non-hydrogen) atoms. The average Bonchev–Trinajstić information content (AvgIpc) is 1.93. The number of hydrogen-bond acceptors (Lipinski definition) is 0. The second kappa shape index (κ2) is 15.7. The topological polar surface area (TPSA) is 0 Å². The molecule has 0 nitrogen and oxygen atoms in total. The summed E-state index contributed by atoms with van der Waals surface area (Å²) in [5.41, 5.74) is 0. The minimum atomic E-state index is 0.983. The Hall–Kier alpha value is -0.880. The summed E-state index contributed by atoms with van der Waals surface area (Å²) in [6.45, 7) is 7.78. The van der Waals surface area contributed by atoms with Crippen LogP contribution in [0, 0.1) is 23.7 Å². The molecule has 0 aliphatic carbocycles. The van der Waals surface area contributed by atoms with Gasteiger partial charge in [-0.25, -0.2) is 0 Å². The number of hydrogen-bond donors (Lipinski definition) is 0. The number of rotatable bonds is 0. The zero-order chi connectivity index (χ0) is 8.24. The lowest BCUT2D eigenvalue weighted by Gasteiger charge is -1.58. The van der Waals surface area contributed by atoms with Gasteiger partial charge in [0.2, 0.25) is 0 Å². The Morgan fingerprint density at radius 1 is 0.800 bits per heavy atom. The van der Waals surface area contributed by atoms with E-state index < -0.39 is 0 Å². The first-order chi connectivity index (χ1) is 4.83. The van der Waals surface area contributed by atoms with E-state index in [2.05, 4.69) is 23.7 Å². The second-order valence-corrected chi connectivity index (χ2v) is 1.56. The Bertz CT molecular complexity index is 124. The summed E-state index contributed by atoms with van der Waals surface area (Å²) in [5.74, 6) is 11.3. The van der Waals surface area contributed by atoms with E-state index in [4.69, 9.17) is 0 Å². The quantitative estimate of drug-likeness (QED) is 0.449. The van der Waals surface area contributed by atoms with Crippen LogP contribution in [0.15, 0.2) is 0 Å². The predicted octanol–water partition coefficient (Wildman–Crippen LogP) is 2.84. The van der Waals surface area contributed by atoms with Crippen molar-refractivity contribution in [2.24, 2.45) is 0 Å². The summed E-state index contributed by atoms with van der Waals surface area (Å²) in [6.07, 6.45) is 1.97. The molecule has 0 rings (SSSR count). The molecule has 0 atom stereocenters. The van der Waals surface area contributed by atoms with E-state index in [9.17, 15) is 0 Å². The molecule has 0 radical (unpaired) electrons. The first-order valence-electron chi connectivity index (χ1n) is 3.62. The maximum absolute atomic E-state index is 2.86. The Morgan fingerprint density at radius 2 is 1.10 bits per heavy atom. The van der Waals surface area contributed by atoms with E-state index in [0.29, 0.717) is 0 Å². The molecule has 0 N–H and O–H groups in total. The van der Waals surface area contributed by atoms with Crippen LogP contribution in [0.25, 0.3) is 0 Å². The zero-order valence-corrected chi connectivity index (χ0v) is 7.41. The average molecular weight is 136 g/mol. The van der Waals surface area contributed by atoms with Crippen molar-refractivity contribution < 1.29 is 0 Å². The fourth-order valence-electron chi connectivity index (χ4n) is 0.354. The van der Waals surface area contributed by atoms with Gasteiger partial charge in [0, 0.05) is 12.8 Å².